The van der Waals surface area contributed by atoms with E-state index in [1.165, 1.54) is 39.0 Å². The monoisotopic (exact) mass is 394 g/mol. The Morgan fingerprint density at radius 3 is 0.800 bits per heavy atom. The third kappa shape index (κ3) is 34.5. The molecule has 0 fully saturated rings. The molecule has 7 heteroatoms. The minimum Gasteiger partial charge on any atom is -0.512 e. The summed E-state index contributed by atoms with van der Waals surface area (Å²) in [5, 5.41) is 26.0. The molecular formula is C18H30CrO6. The predicted octanol–water partition coefficient (Wildman–Crippen LogP) is 4.28. The van der Waals surface area contributed by atoms with Gasteiger partial charge >= 0.3 is 0 Å². The first-order valence-electron chi connectivity index (χ1n) is 7.70. The standard InChI is InChI=1S/3C6H10O2.Cr/c3*1-3-6(8)4-5(2)7;/h3*4,8H,3H2,1-2H3;. The summed E-state index contributed by atoms with van der Waals surface area (Å²) in [6.07, 6.45) is 5.25. The summed E-state index contributed by atoms with van der Waals surface area (Å²) in [6.45, 7) is 9.59. The van der Waals surface area contributed by atoms with Crippen molar-refractivity contribution >= 4 is 17.3 Å². The Balaban J connectivity index is -0.000000130. The number of rotatable bonds is 6. The Hall–Kier alpha value is -1.84. The van der Waals surface area contributed by atoms with Gasteiger partial charge in [-0.2, -0.15) is 0 Å². The van der Waals surface area contributed by atoms with Crippen molar-refractivity contribution in [3.63, 3.8) is 0 Å². The number of carbonyl (C=O) groups is 3. The van der Waals surface area contributed by atoms with Gasteiger partial charge in [0.15, 0.2) is 17.3 Å². The Morgan fingerprint density at radius 1 is 0.600 bits per heavy atom. The molecule has 144 valence electrons. The summed E-state index contributed by atoms with van der Waals surface area (Å²) < 4.78 is 0. The molecule has 0 unspecified atom stereocenters. The van der Waals surface area contributed by atoms with E-state index in [9.17, 15) is 14.4 Å². The Labute approximate surface area is 161 Å². The normalized spacial score (nSPS) is 11.0. The van der Waals surface area contributed by atoms with Gasteiger partial charge in [-0.1, -0.05) is 20.8 Å². The molecule has 0 rings (SSSR count). The summed E-state index contributed by atoms with van der Waals surface area (Å²) in [5.41, 5.74) is 0. The average molecular weight is 394 g/mol. The van der Waals surface area contributed by atoms with E-state index in [0.29, 0.717) is 19.3 Å². The third-order valence-corrected chi connectivity index (χ3v) is 2.20. The molecule has 0 aliphatic carbocycles. The molecule has 0 aliphatic heterocycles. The van der Waals surface area contributed by atoms with Crippen LogP contribution in [0.2, 0.25) is 0 Å². The van der Waals surface area contributed by atoms with Gasteiger partial charge in [-0.05, 0) is 20.8 Å². The molecule has 0 bridgehead atoms. The molecule has 6 nitrogen and oxygen atoms in total. The van der Waals surface area contributed by atoms with Crippen molar-refractivity contribution in [1.82, 2.24) is 0 Å². The quantitative estimate of drug-likeness (QED) is 0.458. The van der Waals surface area contributed by atoms with Crippen LogP contribution in [0.5, 0.6) is 0 Å². The predicted molar refractivity (Wildman–Crippen MR) is 95.1 cm³/mol. The number of aliphatic hydroxyl groups is 3. The Bertz CT molecular complexity index is 418. The second-order valence-electron chi connectivity index (χ2n) is 4.80. The number of hydrogen-bond donors (Lipinski definition) is 3. The summed E-state index contributed by atoms with van der Waals surface area (Å²) >= 11 is 0. The fraction of sp³-hybridized carbons (Fsp3) is 0.500. The van der Waals surface area contributed by atoms with Crippen molar-refractivity contribution in [3.8, 4) is 0 Å². The number of carbonyl (C=O) groups excluding carboxylic acids is 3. The van der Waals surface area contributed by atoms with Crippen molar-refractivity contribution < 1.29 is 47.1 Å². The van der Waals surface area contributed by atoms with E-state index in [1.807, 2.05) is 0 Å². The van der Waals surface area contributed by atoms with Gasteiger partial charge < -0.3 is 15.3 Å². The van der Waals surface area contributed by atoms with Crippen LogP contribution < -0.4 is 0 Å². The smallest absolute Gasteiger partial charge is 0.155 e. The van der Waals surface area contributed by atoms with Crippen molar-refractivity contribution in [2.24, 2.45) is 0 Å². The topological polar surface area (TPSA) is 112 Å². The van der Waals surface area contributed by atoms with Gasteiger partial charge in [-0.25, -0.2) is 0 Å². The van der Waals surface area contributed by atoms with Crippen LogP contribution >= 0.6 is 0 Å². The molecule has 0 heterocycles. The molecule has 0 aromatic rings. The van der Waals surface area contributed by atoms with Crippen molar-refractivity contribution in [2.75, 3.05) is 0 Å². The minimum absolute atomic E-state index is 0. The molecule has 0 aliphatic rings. The maximum absolute atomic E-state index is 10.2. The van der Waals surface area contributed by atoms with E-state index in [2.05, 4.69) is 0 Å². The molecular weight excluding hydrogens is 364 g/mol. The van der Waals surface area contributed by atoms with Gasteiger partial charge in [0.05, 0.1) is 17.3 Å². The van der Waals surface area contributed by atoms with Crippen LogP contribution in [0.15, 0.2) is 35.5 Å². The largest absolute Gasteiger partial charge is 0.512 e. The van der Waals surface area contributed by atoms with Gasteiger partial charge in [0.2, 0.25) is 0 Å². The first-order chi connectivity index (χ1) is 11.0. The number of allylic oxidation sites excluding steroid dienone is 6. The molecule has 0 atom stereocenters. The van der Waals surface area contributed by atoms with Crippen LogP contribution in [0.4, 0.5) is 0 Å². The Kier molecular flexibility index (Phi) is 25.0. The fourth-order valence-electron chi connectivity index (χ4n) is 1.01. The number of hydrogen-bond acceptors (Lipinski definition) is 6. The summed E-state index contributed by atoms with van der Waals surface area (Å²) in [5.74, 6) is 0.130. The zero-order valence-electron chi connectivity index (χ0n) is 15.8. The van der Waals surface area contributed by atoms with Crippen LogP contribution in [0.25, 0.3) is 0 Å². The first-order valence-corrected chi connectivity index (χ1v) is 7.70. The average Bonchev–Trinajstić information content (AvgIpc) is 2.46. The van der Waals surface area contributed by atoms with Gasteiger partial charge in [-0.3, -0.25) is 14.4 Å². The van der Waals surface area contributed by atoms with Crippen molar-refractivity contribution in [1.29, 1.82) is 0 Å². The van der Waals surface area contributed by atoms with E-state index in [0.717, 1.165) is 0 Å². The first kappa shape index (κ1) is 31.0. The van der Waals surface area contributed by atoms with E-state index in [1.54, 1.807) is 20.8 Å². The van der Waals surface area contributed by atoms with E-state index in [4.69, 9.17) is 15.3 Å². The Morgan fingerprint density at radius 2 is 0.760 bits per heavy atom. The molecule has 0 aromatic carbocycles. The number of aliphatic hydroxyl groups excluding tert-OH is 3. The number of ketones is 3. The molecule has 0 saturated heterocycles. The molecule has 0 saturated carbocycles. The summed E-state index contributed by atoms with van der Waals surface area (Å²) in [4.78, 5) is 30.5. The van der Waals surface area contributed by atoms with Crippen molar-refractivity contribution in [3.05, 3.63) is 35.5 Å². The summed E-state index contributed by atoms with van der Waals surface area (Å²) in [6, 6.07) is 0. The zero-order valence-corrected chi connectivity index (χ0v) is 17.1. The van der Waals surface area contributed by atoms with E-state index >= 15 is 0 Å². The zero-order chi connectivity index (χ0) is 19.7. The molecule has 0 aromatic heterocycles. The van der Waals surface area contributed by atoms with Crippen LogP contribution in [-0.2, 0) is 31.7 Å². The van der Waals surface area contributed by atoms with Gasteiger partial charge in [0.25, 0.3) is 0 Å². The molecule has 3 N–H and O–H groups in total. The SMILES string of the molecule is CCC(O)=CC(C)=O.CCC(O)=CC(C)=O.CCC(O)=CC(C)=O.[Cr]. The minimum atomic E-state index is -0.107. The van der Waals surface area contributed by atoms with E-state index < -0.39 is 0 Å². The van der Waals surface area contributed by atoms with Crippen LogP contribution in [-0.4, -0.2) is 32.7 Å². The summed E-state index contributed by atoms with van der Waals surface area (Å²) in [7, 11) is 0. The van der Waals surface area contributed by atoms with Gasteiger partial charge in [-0.15, -0.1) is 0 Å². The second-order valence-corrected chi connectivity index (χ2v) is 4.80. The maximum Gasteiger partial charge on any atom is 0.155 e. The third-order valence-electron chi connectivity index (χ3n) is 2.20. The van der Waals surface area contributed by atoms with Crippen LogP contribution in [0.3, 0.4) is 0 Å². The van der Waals surface area contributed by atoms with Gasteiger partial charge in [0, 0.05) is 54.9 Å². The molecule has 0 amide bonds. The second kappa shape index (κ2) is 20.2. The van der Waals surface area contributed by atoms with E-state index in [-0.39, 0.29) is 52.0 Å². The molecule has 25 heavy (non-hydrogen) atoms. The van der Waals surface area contributed by atoms with Crippen LogP contribution in [0, 0.1) is 0 Å². The van der Waals surface area contributed by atoms with Crippen molar-refractivity contribution in [2.45, 2.75) is 60.8 Å². The van der Waals surface area contributed by atoms with Gasteiger partial charge in [0.1, 0.15) is 0 Å². The maximum atomic E-state index is 10.2. The molecule has 0 spiro atoms. The van der Waals surface area contributed by atoms with Crippen LogP contribution in [0.1, 0.15) is 60.8 Å². The molecule has 0 radical (unpaired) electrons. The fourth-order valence-corrected chi connectivity index (χ4v) is 1.01.